The largest absolute Gasteiger partial charge is 0.323 e. The average molecular weight is 352 g/mol. The zero-order chi connectivity index (χ0) is 17.3. The lowest BCUT2D eigenvalue weighted by Crippen LogP contribution is -2.45. The number of aromatic amines is 2. The first-order valence-electron chi connectivity index (χ1n) is 8.31. The van der Waals surface area contributed by atoms with Crippen molar-refractivity contribution in [2.75, 3.05) is 19.6 Å². The third kappa shape index (κ3) is 3.71. The van der Waals surface area contributed by atoms with Crippen molar-refractivity contribution in [3.05, 3.63) is 28.7 Å². The molecule has 1 aromatic heterocycles. The molecule has 0 amide bonds. The van der Waals surface area contributed by atoms with Crippen LogP contribution in [0.2, 0.25) is 0 Å². The number of aromatic nitrogens is 2. The van der Waals surface area contributed by atoms with E-state index in [1.165, 1.54) is 12.1 Å². The zero-order valence-corrected chi connectivity index (χ0v) is 14.8. The molecule has 2 aromatic rings. The van der Waals surface area contributed by atoms with Crippen molar-refractivity contribution in [1.82, 2.24) is 19.6 Å². The van der Waals surface area contributed by atoms with Crippen molar-refractivity contribution >= 4 is 21.1 Å². The summed E-state index contributed by atoms with van der Waals surface area (Å²) >= 11 is 0. The fourth-order valence-corrected chi connectivity index (χ4v) is 4.24. The van der Waals surface area contributed by atoms with Crippen LogP contribution in [0, 0.1) is 5.92 Å². The van der Waals surface area contributed by atoms with Gasteiger partial charge in [-0.1, -0.05) is 6.92 Å². The summed E-state index contributed by atoms with van der Waals surface area (Å²) < 4.78 is 27.7. The normalized spacial score (nSPS) is 18.9. The maximum atomic E-state index is 12.5. The van der Waals surface area contributed by atoms with E-state index in [-0.39, 0.29) is 16.6 Å². The van der Waals surface area contributed by atoms with Gasteiger partial charge >= 0.3 is 5.69 Å². The van der Waals surface area contributed by atoms with E-state index < -0.39 is 10.0 Å². The Balaban J connectivity index is 1.67. The Morgan fingerprint density at radius 3 is 2.62 bits per heavy atom. The first kappa shape index (κ1) is 17.2. The van der Waals surface area contributed by atoms with E-state index in [1.807, 2.05) is 6.92 Å². The molecule has 1 saturated heterocycles. The second kappa shape index (κ2) is 6.70. The summed E-state index contributed by atoms with van der Waals surface area (Å²) in [5.41, 5.74) is 0.733. The van der Waals surface area contributed by atoms with Gasteiger partial charge in [0.15, 0.2) is 0 Å². The van der Waals surface area contributed by atoms with Crippen molar-refractivity contribution in [2.45, 2.75) is 37.6 Å². The van der Waals surface area contributed by atoms with Crippen molar-refractivity contribution < 1.29 is 8.42 Å². The second-order valence-corrected chi connectivity index (χ2v) is 8.47. The van der Waals surface area contributed by atoms with Crippen LogP contribution in [0.15, 0.2) is 27.9 Å². The van der Waals surface area contributed by atoms with Gasteiger partial charge in [0, 0.05) is 12.6 Å². The highest BCUT2D eigenvalue weighted by Gasteiger charge is 2.22. The van der Waals surface area contributed by atoms with Crippen LogP contribution in [0.1, 0.15) is 26.7 Å². The second-order valence-electron chi connectivity index (χ2n) is 6.71. The molecule has 0 radical (unpaired) electrons. The van der Waals surface area contributed by atoms with E-state index in [9.17, 15) is 13.2 Å². The van der Waals surface area contributed by atoms with Crippen LogP contribution >= 0.6 is 0 Å². The molecule has 3 rings (SSSR count). The SMILES string of the molecule is CC1CCN(C(C)CNS(=O)(=O)c2ccc3[nH]c(=O)[nH]c3c2)CC1. The van der Waals surface area contributed by atoms with Crippen LogP contribution in [0.5, 0.6) is 0 Å². The van der Waals surface area contributed by atoms with Crippen LogP contribution in [0.3, 0.4) is 0 Å². The minimum Gasteiger partial charge on any atom is -0.306 e. The van der Waals surface area contributed by atoms with Gasteiger partial charge < -0.3 is 9.97 Å². The minimum absolute atomic E-state index is 0.156. The number of imidazole rings is 1. The maximum absolute atomic E-state index is 12.5. The van der Waals surface area contributed by atoms with E-state index in [4.69, 9.17) is 0 Å². The molecule has 2 heterocycles. The minimum atomic E-state index is -3.60. The Hall–Kier alpha value is -1.64. The quantitative estimate of drug-likeness (QED) is 0.754. The van der Waals surface area contributed by atoms with Gasteiger partial charge in [-0.3, -0.25) is 4.90 Å². The molecular formula is C16H24N4O3S. The van der Waals surface area contributed by atoms with Gasteiger partial charge in [0.05, 0.1) is 15.9 Å². The molecule has 1 atom stereocenters. The van der Waals surface area contributed by atoms with Crippen molar-refractivity contribution in [2.24, 2.45) is 5.92 Å². The number of piperidine rings is 1. The van der Waals surface area contributed by atoms with E-state index >= 15 is 0 Å². The van der Waals surface area contributed by atoms with Gasteiger partial charge in [-0.25, -0.2) is 17.9 Å². The lowest BCUT2D eigenvalue weighted by molar-refractivity contribution is 0.148. The predicted octanol–water partition coefficient (Wildman–Crippen LogP) is 1.25. The van der Waals surface area contributed by atoms with E-state index in [2.05, 4.69) is 26.5 Å². The molecule has 7 nitrogen and oxygen atoms in total. The smallest absolute Gasteiger partial charge is 0.306 e. The Bertz CT molecular complexity index is 863. The predicted molar refractivity (Wildman–Crippen MR) is 93.5 cm³/mol. The van der Waals surface area contributed by atoms with Gasteiger partial charge in [-0.2, -0.15) is 0 Å². The van der Waals surface area contributed by atoms with Crippen LogP contribution in [0.25, 0.3) is 11.0 Å². The molecule has 1 aromatic carbocycles. The number of hydrogen-bond donors (Lipinski definition) is 3. The van der Waals surface area contributed by atoms with Crippen LogP contribution in [0.4, 0.5) is 0 Å². The molecule has 0 spiro atoms. The molecular weight excluding hydrogens is 328 g/mol. The number of hydrogen-bond acceptors (Lipinski definition) is 4. The monoisotopic (exact) mass is 352 g/mol. The summed E-state index contributed by atoms with van der Waals surface area (Å²) in [6.07, 6.45) is 2.32. The summed E-state index contributed by atoms with van der Waals surface area (Å²) in [5, 5.41) is 0. The number of rotatable bonds is 5. The molecule has 1 fully saturated rings. The molecule has 0 saturated carbocycles. The Kier molecular flexibility index (Phi) is 4.80. The summed E-state index contributed by atoms with van der Waals surface area (Å²) in [6, 6.07) is 4.73. The highest BCUT2D eigenvalue weighted by Crippen LogP contribution is 2.18. The molecule has 24 heavy (non-hydrogen) atoms. The molecule has 1 aliphatic rings. The Morgan fingerprint density at radius 2 is 1.92 bits per heavy atom. The number of nitrogens with one attached hydrogen (secondary N) is 3. The van der Waals surface area contributed by atoms with Gasteiger partial charge in [-0.05, 0) is 57.0 Å². The van der Waals surface area contributed by atoms with Gasteiger partial charge in [0.25, 0.3) is 0 Å². The third-order valence-corrected chi connectivity index (χ3v) is 6.23. The Morgan fingerprint density at radius 1 is 1.25 bits per heavy atom. The number of H-pyrrole nitrogens is 2. The van der Waals surface area contributed by atoms with Crippen LogP contribution in [-0.4, -0.2) is 49.0 Å². The number of nitrogens with zero attached hydrogens (tertiary/aromatic N) is 1. The van der Waals surface area contributed by atoms with Gasteiger partial charge in [0.1, 0.15) is 0 Å². The average Bonchev–Trinajstić information content (AvgIpc) is 2.92. The summed E-state index contributed by atoms with van der Waals surface area (Å²) in [4.78, 5) is 18.9. The number of benzene rings is 1. The molecule has 8 heteroatoms. The molecule has 0 aliphatic carbocycles. The van der Waals surface area contributed by atoms with Gasteiger partial charge in [0.2, 0.25) is 10.0 Å². The van der Waals surface area contributed by atoms with E-state index in [0.717, 1.165) is 31.8 Å². The van der Waals surface area contributed by atoms with Crippen molar-refractivity contribution in [3.8, 4) is 0 Å². The third-order valence-electron chi connectivity index (χ3n) is 4.81. The highest BCUT2D eigenvalue weighted by molar-refractivity contribution is 7.89. The molecule has 1 unspecified atom stereocenters. The van der Waals surface area contributed by atoms with E-state index in [1.54, 1.807) is 6.07 Å². The topological polar surface area (TPSA) is 98.1 Å². The molecule has 3 N–H and O–H groups in total. The van der Waals surface area contributed by atoms with Crippen LogP contribution in [-0.2, 0) is 10.0 Å². The highest BCUT2D eigenvalue weighted by atomic mass is 32.2. The lowest BCUT2D eigenvalue weighted by atomic mass is 9.98. The molecule has 0 bridgehead atoms. The Labute approximate surface area is 141 Å². The first-order valence-corrected chi connectivity index (χ1v) is 9.79. The number of fused-ring (bicyclic) bond motifs is 1. The van der Waals surface area contributed by atoms with Crippen molar-refractivity contribution in [1.29, 1.82) is 0 Å². The summed E-state index contributed by atoms with van der Waals surface area (Å²) in [7, 11) is -3.60. The summed E-state index contributed by atoms with van der Waals surface area (Å²) in [5.74, 6) is 0.750. The lowest BCUT2D eigenvalue weighted by Gasteiger charge is -2.34. The van der Waals surface area contributed by atoms with Crippen LogP contribution < -0.4 is 10.4 Å². The first-order chi connectivity index (χ1) is 11.3. The fourth-order valence-electron chi connectivity index (χ4n) is 3.09. The number of likely N-dealkylation sites (tertiary alicyclic amines) is 1. The molecule has 132 valence electrons. The van der Waals surface area contributed by atoms with Crippen molar-refractivity contribution in [3.63, 3.8) is 0 Å². The van der Waals surface area contributed by atoms with Gasteiger partial charge in [-0.15, -0.1) is 0 Å². The molecule has 1 aliphatic heterocycles. The zero-order valence-electron chi connectivity index (χ0n) is 14.0. The fraction of sp³-hybridized carbons (Fsp3) is 0.562. The standard InChI is InChI=1S/C16H24N4O3S/c1-11-5-7-20(8-6-11)12(2)10-17-24(22,23)13-3-4-14-15(9-13)19-16(21)18-14/h3-4,9,11-12,17H,5-8,10H2,1-2H3,(H2,18,19,21). The number of sulfonamides is 1. The maximum Gasteiger partial charge on any atom is 0.323 e. The summed E-state index contributed by atoms with van der Waals surface area (Å²) in [6.45, 7) is 6.71. The van der Waals surface area contributed by atoms with E-state index in [0.29, 0.717) is 17.6 Å².